The minimum atomic E-state index is -0.0987. The summed E-state index contributed by atoms with van der Waals surface area (Å²) in [6, 6.07) is 25.6. The summed E-state index contributed by atoms with van der Waals surface area (Å²) in [5, 5.41) is 2.99. The van der Waals surface area contributed by atoms with Crippen molar-refractivity contribution >= 4 is 16.9 Å². The van der Waals surface area contributed by atoms with E-state index in [1.165, 1.54) is 5.56 Å². The van der Waals surface area contributed by atoms with Crippen molar-refractivity contribution in [1.82, 2.24) is 14.9 Å². The molecular formula is C24H23N3O2. The molecule has 5 heteroatoms. The van der Waals surface area contributed by atoms with Gasteiger partial charge in [0.25, 0.3) is 5.91 Å². The molecule has 0 fully saturated rings. The standard InChI is InChI=1S/C24H23N3O2/c1-29-20-13-11-19(12-14-20)24(28)25-16-15-23-26-21-9-5-6-10-22(21)27(23)17-18-7-3-2-4-8-18/h2-14H,15-17H2,1H3,(H,25,28). The van der Waals surface area contributed by atoms with Crippen LogP contribution in [-0.2, 0) is 13.0 Å². The smallest absolute Gasteiger partial charge is 0.251 e. The van der Waals surface area contributed by atoms with Gasteiger partial charge in [0.15, 0.2) is 0 Å². The Bertz CT molecular complexity index is 1100. The molecule has 0 saturated heterocycles. The van der Waals surface area contributed by atoms with Crippen LogP contribution in [0, 0.1) is 0 Å². The maximum absolute atomic E-state index is 12.4. The Kier molecular flexibility index (Phi) is 5.56. The zero-order valence-electron chi connectivity index (χ0n) is 16.3. The number of carbonyl (C=O) groups is 1. The molecular weight excluding hydrogens is 362 g/mol. The number of rotatable bonds is 7. The van der Waals surface area contributed by atoms with Crippen molar-refractivity contribution in [3.8, 4) is 5.75 Å². The molecule has 0 radical (unpaired) electrons. The first kappa shape index (κ1) is 18.7. The van der Waals surface area contributed by atoms with Crippen LogP contribution < -0.4 is 10.1 Å². The summed E-state index contributed by atoms with van der Waals surface area (Å²) in [6.45, 7) is 1.27. The van der Waals surface area contributed by atoms with Crippen LogP contribution >= 0.6 is 0 Å². The lowest BCUT2D eigenvalue weighted by Gasteiger charge is -2.10. The van der Waals surface area contributed by atoms with Gasteiger partial charge in [-0.25, -0.2) is 4.98 Å². The normalized spacial score (nSPS) is 10.8. The number of ether oxygens (including phenoxy) is 1. The third kappa shape index (κ3) is 4.29. The molecule has 1 N–H and O–H groups in total. The van der Waals surface area contributed by atoms with Crippen LogP contribution in [0.1, 0.15) is 21.7 Å². The van der Waals surface area contributed by atoms with Gasteiger partial charge in [0.2, 0.25) is 0 Å². The number of para-hydroxylation sites is 2. The number of nitrogens with zero attached hydrogens (tertiary/aromatic N) is 2. The quantitative estimate of drug-likeness (QED) is 0.522. The van der Waals surface area contributed by atoms with E-state index >= 15 is 0 Å². The Labute approximate surface area is 170 Å². The van der Waals surface area contributed by atoms with Gasteiger partial charge in [-0.05, 0) is 42.0 Å². The van der Waals surface area contributed by atoms with Crippen LogP contribution in [0.25, 0.3) is 11.0 Å². The van der Waals surface area contributed by atoms with Gasteiger partial charge in [0.05, 0.1) is 18.1 Å². The van der Waals surface area contributed by atoms with Crippen LogP contribution in [0.15, 0.2) is 78.9 Å². The molecule has 0 atom stereocenters. The number of imidazole rings is 1. The number of carbonyl (C=O) groups excluding carboxylic acids is 1. The third-order valence-electron chi connectivity index (χ3n) is 4.90. The average molecular weight is 385 g/mol. The minimum absolute atomic E-state index is 0.0987. The molecule has 0 aliphatic carbocycles. The topological polar surface area (TPSA) is 56.1 Å². The van der Waals surface area contributed by atoms with Crippen molar-refractivity contribution in [1.29, 1.82) is 0 Å². The highest BCUT2D eigenvalue weighted by Gasteiger charge is 2.12. The second kappa shape index (κ2) is 8.61. The van der Waals surface area contributed by atoms with Crippen molar-refractivity contribution in [2.75, 3.05) is 13.7 Å². The highest BCUT2D eigenvalue weighted by molar-refractivity contribution is 5.94. The van der Waals surface area contributed by atoms with E-state index in [0.29, 0.717) is 18.5 Å². The number of amides is 1. The number of hydrogen-bond donors (Lipinski definition) is 1. The van der Waals surface area contributed by atoms with Crippen molar-refractivity contribution in [2.45, 2.75) is 13.0 Å². The fraction of sp³-hybridized carbons (Fsp3) is 0.167. The number of hydrogen-bond acceptors (Lipinski definition) is 3. The molecule has 29 heavy (non-hydrogen) atoms. The van der Waals surface area contributed by atoms with Crippen LogP contribution in [-0.4, -0.2) is 29.1 Å². The SMILES string of the molecule is COc1ccc(C(=O)NCCc2nc3ccccc3n2Cc2ccccc2)cc1. The van der Waals surface area contributed by atoms with Crippen molar-refractivity contribution in [3.63, 3.8) is 0 Å². The first-order valence-corrected chi connectivity index (χ1v) is 9.65. The molecule has 0 bridgehead atoms. The number of aromatic nitrogens is 2. The van der Waals surface area contributed by atoms with Gasteiger partial charge in [-0.15, -0.1) is 0 Å². The molecule has 0 aliphatic heterocycles. The summed E-state index contributed by atoms with van der Waals surface area (Å²) in [6.07, 6.45) is 0.656. The first-order chi connectivity index (χ1) is 14.2. The highest BCUT2D eigenvalue weighted by atomic mass is 16.5. The predicted molar refractivity (Wildman–Crippen MR) is 114 cm³/mol. The molecule has 5 nitrogen and oxygen atoms in total. The van der Waals surface area contributed by atoms with Crippen LogP contribution in [0.3, 0.4) is 0 Å². The number of methoxy groups -OCH3 is 1. The summed E-state index contributed by atoms with van der Waals surface area (Å²) >= 11 is 0. The highest BCUT2D eigenvalue weighted by Crippen LogP contribution is 2.18. The second-order valence-corrected chi connectivity index (χ2v) is 6.82. The monoisotopic (exact) mass is 385 g/mol. The second-order valence-electron chi connectivity index (χ2n) is 6.82. The van der Waals surface area contributed by atoms with E-state index < -0.39 is 0 Å². The zero-order chi connectivity index (χ0) is 20.1. The Morgan fingerprint density at radius 1 is 0.966 bits per heavy atom. The molecule has 0 aliphatic rings. The lowest BCUT2D eigenvalue weighted by atomic mass is 10.2. The molecule has 0 unspecified atom stereocenters. The fourth-order valence-corrected chi connectivity index (χ4v) is 3.39. The minimum Gasteiger partial charge on any atom is -0.497 e. The molecule has 0 spiro atoms. The average Bonchev–Trinajstić information content (AvgIpc) is 3.12. The molecule has 1 aromatic heterocycles. The summed E-state index contributed by atoms with van der Waals surface area (Å²) in [4.78, 5) is 17.2. The number of fused-ring (bicyclic) bond motifs is 1. The third-order valence-corrected chi connectivity index (χ3v) is 4.90. The maximum atomic E-state index is 12.4. The largest absolute Gasteiger partial charge is 0.497 e. The molecule has 1 amide bonds. The van der Waals surface area contributed by atoms with E-state index in [2.05, 4.69) is 28.1 Å². The Morgan fingerprint density at radius 3 is 2.45 bits per heavy atom. The van der Waals surface area contributed by atoms with Gasteiger partial charge >= 0.3 is 0 Å². The summed E-state index contributed by atoms with van der Waals surface area (Å²) in [5.41, 5.74) is 3.91. The van der Waals surface area contributed by atoms with Crippen LogP contribution in [0.4, 0.5) is 0 Å². The Morgan fingerprint density at radius 2 is 1.69 bits per heavy atom. The lowest BCUT2D eigenvalue weighted by Crippen LogP contribution is -2.26. The van der Waals surface area contributed by atoms with Crippen molar-refractivity contribution in [2.24, 2.45) is 0 Å². The predicted octanol–water partition coefficient (Wildman–Crippen LogP) is 4.07. The fourth-order valence-electron chi connectivity index (χ4n) is 3.39. The van der Waals surface area contributed by atoms with Crippen LogP contribution in [0.5, 0.6) is 5.75 Å². The van der Waals surface area contributed by atoms with Crippen molar-refractivity contribution in [3.05, 3.63) is 95.8 Å². The first-order valence-electron chi connectivity index (χ1n) is 9.65. The summed E-state index contributed by atoms with van der Waals surface area (Å²) < 4.78 is 7.36. The Hall–Kier alpha value is -3.60. The molecule has 0 saturated carbocycles. The van der Waals surface area contributed by atoms with E-state index in [0.717, 1.165) is 29.2 Å². The van der Waals surface area contributed by atoms with Gasteiger partial charge in [-0.3, -0.25) is 4.79 Å². The van der Waals surface area contributed by atoms with E-state index in [4.69, 9.17) is 9.72 Å². The van der Waals surface area contributed by atoms with E-state index in [9.17, 15) is 4.79 Å². The molecule has 1 heterocycles. The summed E-state index contributed by atoms with van der Waals surface area (Å²) in [7, 11) is 1.61. The van der Waals surface area contributed by atoms with E-state index in [1.54, 1.807) is 31.4 Å². The zero-order valence-corrected chi connectivity index (χ0v) is 16.3. The molecule has 4 aromatic rings. The van der Waals surface area contributed by atoms with Crippen LogP contribution in [0.2, 0.25) is 0 Å². The van der Waals surface area contributed by atoms with Gasteiger partial charge < -0.3 is 14.6 Å². The summed E-state index contributed by atoms with van der Waals surface area (Å²) in [5.74, 6) is 1.60. The van der Waals surface area contributed by atoms with Gasteiger partial charge in [-0.1, -0.05) is 42.5 Å². The molecule has 4 rings (SSSR count). The molecule has 146 valence electrons. The number of nitrogens with one attached hydrogen (secondary N) is 1. The van der Waals surface area contributed by atoms with E-state index in [-0.39, 0.29) is 5.91 Å². The van der Waals surface area contributed by atoms with Crippen molar-refractivity contribution < 1.29 is 9.53 Å². The van der Waals surface area contributed by atoms with Gasteiger partial charge in [0.1, 0.15) is 11.6 Å². The van der Waals surface area contributed by atoms with Gasteiger partial charge in [0, 0.05) is 25.1 Å². The van der Waals surface area contributed by atoms with Gasteiger partial charge in [-0.2, -0.15) is 0 Å². The van der Waals surface area contributed by atoms with E-state index in [1.807, 2.05) is 36.4 Å². The molecule has 3 aromatic carbocycles. The number of benzene rings is 3. The Balaban J connectivity index is 1.48. The lowest BCUT2D eigenvalue weighted by molar-refractivity contribution is 0.0954. The maximum Gasteiger partial charge on any atom is 0.251 e.